The number of fused-ring (bicyclic) bond motifs is 5. The molecule has 0 radical (unpaired) electrons. The van der Waals surface area contributed by atoms with Crippen molar-refractivity contribution in [2.45, 2.75) is 91.0 Å². The van der Waals surface area contributed by atoms with Gasteiger partial charge >= 0.3 is 0 Å². The maximum atomic E-state index is 6.67. The maximum Gasteiger partial charge on any atom is 0.0637 e. The van der Waals surface area contributed by atoms with Crippen LogP contribution in [0.2, 0.25) is 0 Å². The second-order valence-corrected chi connectivity index (χ2v) is 12.7. The summed E-state index contributed by atoms with van der Waals surface area (Å²) >= 11 is 0. The van der Waals surface area contributed by atoms with E-state index >= 15 is 0 Å². The monoisotopic (exact) mass is 479 g/mol. The van der Waals surface area contributed by atoms with Gasteiger partial charge in [-0.15, -0.1) is 0 Å². The summed E-state index contributed by atoms with van der Waals surface area (Å²) in [7, 11) is 0. The van der Waals surface area contributed by atoms with Crippen LogP contribution in [0.4, 0.5) is 0 Å². The van der Waals surface area contributed by atoms with E-state index < -0.39 is 0 Å². The van der Waals surface area contributed by atoms with Gasteiger partial charge in [0.15, 0.2) is 0 Å². The summed E-state index contributed by atoms with van der Waals surface area (Å²) in [6.07, 6.45) is 9.33. The lowest BCUT2D eigenvalue weighted by Crippen LogP contribution is -2.63. The van der Waals surface area contributed by atoms with Crippen molar-refractivity contribution in [2.75, 3.05) is 39.5 Å². The summed E-state index contributed by atoms with van der Waals surface area (Å²) < 4.78 is 19.5. The van der Waals surface area contributed by atoms with Gasteiger partial charge in [-0.25, -0.2) is 0 Å². The zero-order valence-corrected chi connectivity index (χ0v) is 22.3. The highest BCUT2D eigenvalue weighted by molar-refractivity contribution is 5.15. The lowest BCUT2D eigenvalue weighted by atomic mass is 9.43. The van der Waals surface area contributed by atoms with Crippen LogP contribution in [-0.4, -0.2) is 57.8 Å². The predicted octanol–water partition coefficient (Wildman–Crippen LogP) is 3.55. The molecule has 0 aromatic heterocycles. The quantitative estimate of drug-likeness (QED) is 0.442. The average molecular weight is 480 g/mol. The third-order valence-corrected chi connectivity index (χ3v) is 10.9. The number of ether oxygens (including phenoxy) is 3. The zero-order valence-electron chi connectivity index (χ0n) is 22.3. The first kappa shape index (κ1) is 26.8. The standard InChI is InChI=1S/C28H53N3O3/c1-18(2)21-5-6-22-26-23(17-25(28(21,22)4)34-14-11-31)27(3)8-7-20(32-12-9-29)15-19(27)16-24(26)33-13-10-30/h18-26H,5-17,29-31H2,1-4H3/t19?,20-,21-,22+,23+,24-,25+,26+,27+,28-/m1/s1. The molecule has 198 valence electrons. The smallest absolute Gasteiger partial charge is 0.0637 e. The highest BCUT2D eigenvalue weighted by atomic mass is 16.5. The lowest BCUT2D eigenvalue weighted by Gasteiger charge is -2.64. The Kier molecular flexibility index (Phi) is 8.69. The van der Waals surface area contributed by atoms with Crippen LogP contribution in [0.5, 0.6) is 0 Å². The van der Waals surface area contributed by atoms with Crippen LogP contribution in [0.3, 0.4) is 0 Å². The molecule has 4 saturated carbocycles. The van der Waals surface area contributed by atoms with E-state index in [-0.39, 0.29) is 11.5 Å². The highest BCUT2D eigenvalue weighted by Crippen LogP contribution is 2.69. The van der Waals surface area contributed by atoms with E-state index in [1.54, 1.807) is 0 Å². The first-order valence-electron chi connectivity index (χ1n) is 14.3. The van der Waals surface area contributed by atoms with Gasteiger partial charge in [0, 0.05) is 25.0 Å². The first-order valence-corrected chi connectivity index (χ1v) is 14.3. The Morgan fingerprint density at radius 3 is 2.15 bits per heavy atom. The zero-order chi connectivity index (χ0) is 24.5. The third kappa shape index (κ3) is 4.61. The largest absolute Gasteiger partial charge is 0.377 e. The van der Waals surface area contributed by atoms with Crippen molar-refractivity contribution in [1.29, 1.82) is 0 Å². The molecular formula is C28H53N3O3. The summed E-state index contributed by atoms with van der Waals surface area (Å²) in [6, 6.07) is 0. The van der Waals surface area contributed by atoms with E-state index in [1.165, 1.54) is 19.3 Å². The molecule has 4 aliphatic carbocycles. The average Bonchev–Trinajstić information content (AvgIpc) is 3.18. The summed E-state index contributed by atoms with van der Waals surface area (Å²) in [4.78, 5) is 0. The minimum atomic E-state index is 0.194. The summed E-state index contributed by atoms with van der Waals surface area (Å²) in [5.41, 5.74) is 18.1. The number of hydrogen-bond donors (Lipinski definition) is 3. The van der Waals surface area contributed by atoms with Gasteiger partial charge in [-0.2, -0.15) is 0 Å². The van der Waals surface area contributed by atoms with Crippen molar-refractivity contribution in [3.05, 3.63) is 0 Å². The second kappa shape index (κ2) is 11.0. The second-order valence-electron chi connectivity index (χ2n) is 12.7. The van der Waals surface area contributed by atoms with Crippen molar-refractivity contribution in [2.24, 2.45) is 63.5 Å². The van der Waals surface area contributed by atoms with Crippen LogP contribution < -0.4 is 17.2 Å². The van der Waals surface area contributed by atoms with Crippen molar-refractivity contribution in [1.82, 2.24) is 0 Å². The molecule has 1 unspecified atom stereocenters. The van der Waals surface area contributed by atoms with Gasteiger partial charge < -0.3 is 31.4 Å². The van der Waals surface area contributed by atoms with Crippen molar-refractivity contribution in [3.8, 4) is 0 Å². The van der Waals surface area contributed by atoms with Gasteiger partial charge in [-0.3, -0.25) is 0 Å². The van der Waals surface area contributed by atoms with Crippen LogP contribution in [0.25, 0.3) is 0 Å². The Labute approximate surface area is 208 Å². The molecule has 4 rings (SSSR count). The fraction of sp³-hybridized carbons (Fsp3) is 1.00. The Hall–Kier alpha value is -0.240. The predicted molar refractivity (Wildman–Crippen MR) is 137 cm³/mol. The molecule has 0 amide bonds. The molecule has 0 aliphatic heterocycles. The van der Waals surface area contributed by atoms with Gasteiger partial charge in [-0.05, 0) is 85.9 Å². The Bertz CT molecular complexity index is 663. The Morgan fingerprint density at radius 2 is 1.47 bits per heavy atom. The summed E-state index contributed by atoms with van der Waals surface area (Å²) in [5, 5.41) is 0. The fourth-order valence-electron chi connectivity index (χ4n) is 9.46. The van der Waals surface area contributed by atoms with Gasteiger partial charge in [0.1, 0.15) is 0 Å². The minimum Gasteiger partial charge on any atom is -0.377 e. The van der Waals surface area contributed by atoms with E-state index in [1.807, 2.05) is 0 Å². The molecule has 6 N–H and O–H groups in total. The van der Waals surface area contributed by atoms with Gasteiger partial charge in [0.25, 0.3) is 0 Å². The number of rotatable bonds is 10. The number of nitrogens with two attached hydrogens (primary N) is 3. The van der Waals surface area contributed by atoms with Crippen molar-refractivity contribution < 1.29 is 14.2 Å². The van der Waals surface area contributed by atoms with E-state index in [4.69, 9.17) is 31.4 Å². The molecule has 0 bridgehead atoms. The first-order chi connectivity index (χ1) is 16.3. The van der Waals surface area contributed by atoms with E-state index in [9.17, 15) is 0 Å². The van der Waals surface area contributed by atoms with Crippen LogP contribution in [0, 0.1) is 46.3 Å². The Morgan fingerprint density at radius 1 is 0.794 bits per heavy atom. The third-order valence-electron chi connectivity index (χ3n) is 10.9. The Balaban J connectivity index is 1.67. The normalized spacial score (nSPS) is 46.2. The molecule has 4 aliphatic rings. The van der Waals surface area contributed by atoms with Gasteiger partial charge in [0.2, 0.25) is 0 Å². The molecule has 34 heavy (non-hydrogen) atoms. The molecular weight excluding hydrogens is 426 g/mol. The fourth-order valence-corrected chi connectivity index (χ4v) is 9.46. The molecule has 0 aromatic rings. The van der Waals surface area contributed by atoms with Crippen LogP contribution in [-0.2, 0) is 14.2 Å². The maximum absolute atomic E-state index is 6.67. The molecule has 6 nitrogen and oxygen atoms in total. The topological polar surface area (TPSA) is 106 Å². The molecule has 0 saturated heterocycles. The lowest BCUT2D eigenvalue weighted by molar-refractivity contribution is -0.226. The van der Waals surface area contributed by atoms with Gasteiger partial charge in [-0.1, -0.05) is 27.7 Å². The van der Waals surface area contributed by atoms with Crippen LogP contribution in [0.15, 0.2) is 0 Å². The minimum absolute atomic E-state index is 0.194. The van der Waals surface area contributed by atoms with E-state index in [0.29, 0.717) is 92.6 Å². The molecule has 6 heteroatoms. The SMILES string of the molecule is CC(C)[C@H]1CC[C@H]2[C@@H]3[C@H](OCCN)CC4C[C@H](OCCN)CC[C@]4(C)[C@H]3C[C@H](OCCN)[C@]12C. The summed E-state index contributed by atoms with van der Waals surface area (Å²) in [6.45, 7) is 13.7. The molecule has 0 spiro atoms. The molecule has 10 atom stereocenters. The summed E-state index contributed by atoms with van der Waals surface area (Å²) in [5.74, 6) is 3.85. The molecule has 4 fully saturated rings. The van der Waals surface area contributed by atoms with Crippen molar-refractivity contribution >= 4 is 0 Å². The van der Waals surface area contributed by atoms with Crippen LogP contribution >= 0.6 is 0 Å². The van der Waals surface area contributed by atoms with E-state index in [2.05, 4.69) is 27.7 Å². The van der Waals surface area contributed by atoms with Crippen molar-refractivity contribution in [3.63, 3.8) is 0 Å². The molecule has 0 aromatic carbocycles. The highest BCUT2D eigenvalue weighted by Gasteiger charge is 2.66. The van der Waals surface area contributed by atoms with E-state index in [0.717, 1.165) is 25.7 Å². The van der Waals surface area contributed by atoms with Crippen LogP contribution in [0.1, 0.15) is 72.6 Å². The number of hydrogen-bond acceptors (Lipinski definition) is 6. The van der Waals surface area contributed by atoms with Gasteiger partial charge in [0.05, 0.1) is 38.1 Å². The molecule has 0 heterocycles.